The lowest BCUT2D eigenvalue weighted by Gasteiger charge is -1.96. The Kier molecular flexibility index (Phi) is 1.27. The van der Waals surface area contributed by atoms with Gasteiger partial charge in [-0.1, -0.05) is 18.2 Å². The molecule has 3 rings (SSSR count). The smallest absolute Gasteiger partial charge is 0.0759 e. The number of aryl methyl sites for hydroxylation is 1. The van der Waals surface area contributed by atoms with E-state index in [0.717, 1.165) is 0 Å². The van der Waals surface area contributed by atoms with Crippen molar-refractivity contribution in [1.29, 1.82) is 0 Å². The molecule has 2 heteroatoms. The minimum Gasteiger partial charge on any atom is -0.335 e. The number of fused-ring (bicyclic) bond motifs is 3. The number of para-hydroxylation sites is 1. The van der Waals surface area contributed by atoms with E-state index in [2.05, 4.69) is 34.9 Å². The third kappa shape index (κ3) is 0.758. The molecule has 0 radical (unpaired) electrons. The zero-order valence-electron chi connectivity index (χ0n) is 6.66. The summed E-state index contributed by atoms with van der Waals surface area (Å²) < 4.78 is 2.40. The molecule has 60 valence electrons. The molecule has 0 amide bonds. The van der Waals surface area contributed by atoms with E-state index < -0.39 is 0 Å². The van der Waals surface area contributed by atoms with Crippen LogP contribution in [-0.2, 0) is 6.54 Å². The lowest BCUT2D eigenvalue weighted by Crippen LogP contribution is -1.91. The molecular weight excluding hydrogens is 166 g/mol. The zero-order valence-corrected chi connectivity index (χ0v) is 7.47. The van der Waals surface area contributed by atoms with Crippen molar-refractivity contribution in [2.75, 3.05) is 5.75 Å². The third-order valence-electron chi connectivity index (χ3n) is 2.34. The first-order valence-electron chi connectivity index (χ1n) is 4.16. The van der Waals surface area contributed by atoms with Gasteiger partial charge in [0, 0.05) is 23.2 Å². The Morgan fingerprint density at radius 2 is 2.17 bits per heavy atom. The van der Waals surface area contributed by atoms with Crippen LogP contribution in [0.1, 0.15) is 0 Å². The second-order valence-electron chi connectivity index (χ2n) is 3.04. The van der Waals surface area contributed by atoms with E-state index in [0.29, 0.717) is 0 Å². The van der Waals surface area contributed by atoms with Gasteiger partial charge in [0.2, 0.25) is 0 Å². The summed E-state index contributed by atoms with van der Waals surface area (Å²) in [6.45, 7) is 1.17. The summed E-state index contributed by atoms with van der Waals surface area (Å²) >= 11 is 1.96. The maximum atomic E-state index is 2.40. The lowest BCUT2D eigenvalue weighted by molar-refractivity contribution is 0.769. The molecular formula is C10H9NS. The topological polar surface area (TPSA) is 4.93 Å². The summed E-state index contributed by atoms with van der Waals surface area (Å²) in [7, 11) is 0. The van der Waals surface area contributed by atoms with E-state index in [1.165, 1.54) is 28.2 Å². The Labute approximate surface area is 75.4 Å². The van der Waals surface area contributed by atoms with E-state index in [-0.39, 0.29) is 0 Å². The minimum absolute atomic E-state index is 1.17. The molecule has 0 saturated heterocycles. The quantitative estimate of drug-likeness (QED) is 0.596. The Bertz CT molecular complexity index is 430. The fraction of sp³-hybridized carbons (Fsp3) is 0.200. The van der Waals surface area contributed by atoms with Crippen molar-refractivity contribution in [3.63, 3.8) is 0 Å². The van der Waals surface area contributed by atoms with E-state index in [9.17, 15) is 0 Å². The first-order chi connectivity index (χ1) is 5.95. The van der Waals surface area contributed by atoms with Crippen molar-refractivity contribution in [3.8, 4) is 0 Å². The summed E-state index contributed by atoms with van der Waals surface area (Å²) in [6.07, 6.45) is 0. The van der Waals surface area contributed by atoms with Gasteiger partial charge in [-0.15, -0.1) is 11.8 Å². The predicted octanol–water partition coefficient (Wildman–Crippen LogP) is 2.75. The monoisotopic (exact) mass is 175 g/mol. The molecule has 1 aliphatic rings. The van der Waals surface area contributed by atoms with Crippen molar-refractivity contribution in [1.82, 2.24) is 4.57 Å². The van der Waals surface area contributed by atoms with Gasteiger partial charge in [-0.05, 0) is 12.1 Å². The highest BCUT2D eigenvalue weighted by Gasteiger charge is 2.13. The number of hydrogen-bond acceptors (Lipinski definition) is 1. The summed E-state index contributed by atoms with van der Waals surface area (Å²) in [6, 6.07) is 10.9. The van der Waals surface area contributed by atoms with Crippen LogP contribution < -0.4 is 0 Å². The molecule has 0 unspecified atom stereocenters. The van der Waals surface area contributed by atoms with E-state index in [1.54, 1.807) is 0 Å². The van der Waals surface area contributed by atoms with Gasteiger partial charge in [0.05, 0.1) is 5.03 Å². The molecule has 1 nitrogen and oxygen atoms in total. The van der Waals surface area contributed by atoms with Crippen molar-refractivity contribution in [2.24, 2.45) is 0 Å². The highest BCUT2D eigenvalue weighted by Crippen LogP contribution is 2.32. The predicted molar refractivity (Wildman–Crippen MR) is 52.7 cm³/mol. The molecule has 1 aromatic heterocycles. The maximum absolute atomic E-state index is 2.40. The molecule has 2 aromatic rings. The van der Waals surface area contributed by atoms with Gasteiger partial charge >= 0.3 is 0 Å². The number of benzene rings is 1. The van der Waals surface area contributed by atoms with Crippen LogP contribution in [0.3, 0.4) is 0 Å². The van der Waals surface area contributed by atoms with Crippen LogP contribution in [0, 0.1) is 0 Å². The Balaban J connectivity index is 2.44. The minimum atomic E-state index is 1.17. The van der Waals surface area contributed by atoms with Gasteiger partial charge in [0.15, 0.2) is 0 Å². The van der Waals surface area contributed by atoms with E-state index >= 15 is 0 Å². The average molecular weight is 175 g/mol. The standard InChI is InChI=1S/C10H9NS/c1-2-4-9-8(3-1)7-10-11(9)5-6-12-10/h1-4,7H,5-6H2. The van der Waals surface area contributed by atoms with Crippen LogP contribution in [0.5, 0.6) is 0 Å². The molecule has 0 spiro atoms. The number of rotatable bonds is 0. The van der Waals surface area contributed by atoms with Gasteiger partial charge in [-0.3, -0.25) is 0 Å². The second-order valence-corrected chi connectivity index (χ2v) is 4.16. The van der Waals surface area contributed by atoms with Crippen LogP contribution >= 0.6 is 11.8 Å². The van der Waals surface area contributed by atoms with Gasteiger partial charge in [0.25, 0.3) is 0 Å². The number of hydrogen-bond donors (Lipinski definition) is 0. The van der Waals surface area contributed by atoms with Crippen LogP contribution in [-0.4, -0.2) is 10.3 Å². The second kappa shape index (κ2) is 2.30. The summed E-state index contributed by atoms with van der Waals surface area (Å²) in [5, 5.41) is 2.80. The number of thioether (sulfide) groups is 1. The summed E-state index contributed by atoms with van der Waals surface area (Å²) in [5.74, 6) is 1.24. The molecule has 0 fully saturated rings. The van der Waals surface area contributed by atoms with Gasteiger partial charge < -0.3 is 4.57 Å². The van der Waals surface area contributed by atoms with Crippen LogP contribution in [0.4, 0.5) is 0 Å². The third-order valence-corrected chi connectivity index (χ3v) is 3.36. The molecule has 0 aliphatic carbocycles. The fourth-order valence-corrected chi connectivity index (χ4v) is 2.82. The van der Waals surface area contributed by atoms with Gasteiger partial charge in [-0.2, -0.15) is 0 Å². The molecule has 1 aliphatic heterocycles. The summed E-state index contributed by atoms with van der Waals surface area (Å²) in [4.78, 5) is 0. The number of aromatic nitrogens is 1. The zero-order chi connectivity index (χ0) is 7.97. The van der Waals surface area contributed by atoms with Crippen molar-refractivity contribution < 1.29 is 0 Å². The van der Waals surface area contributed by atoms with Crippen molar-refractivity contribution in [3.05, 3.63) is 30.3 Å². The van der Waals surface area contributed by atoms with E-state index in [1.807, 2.05) is 11.8 Å². The van der Waals surface area contributed by atoms with Crippen molar-refractivity contribution >= 4 is 22.7 Å². The Morgan fingerprint density at radius 3 is 3.17 bits per heavy atom. The summed E-state index contributed by atoms with van der Waals surface area (Å²) in [5.41, 5.74) is 1.39. The van der Waals surface area contributed by atoms with Gasteiger partial charge in [-0.25, -0.2) is 0 Å². The molecule has 0 atom stereocenters. The average Bonchev–Trinajstić information content (AvgIpc) is 2.62. The van der Waals surface area contributed by atoms with Crippen LogP contribution in [0.25, 0.3) is 10.9 Å². The normalized spacial score (nSPS) is 15.3. The van der Waals surface area contributed by atoms with Crippen LogP contribution in [0.15, 0.2) is 35.4 Å². The van der Waals surface area contributed by atoms with Crippen molar-refractivity contribution in [2.45, 2.75) is 11.6 Å². The molecule has 0 bridgehead atoms. The first kappa shape index (κ1) is 6.61. The Hall–Kier alpha value is -0.890. The molecule has 0 N–H and O–H groups in total. The molecule has 12 heavy (non-hydrogen) atoms. The maximum Gasteiger partial charge on any atom is 0.0759 e. The van der Waals surface area contributed by atoms with E-state index in [4.69, 9.17) is 0 Å². The number of nitrogens with zero attached hydrogens (tertiary/aromatic N) is 1. The highest BCUT2D eigenvalue weighted by molar-refractivity contribution is 7.99. The largest absolute Gasteiger partial charge is 0.335 e. The molecule has 0 saturated carbocycles. The lowest BCUT2D eigenvalue weighted by atomic mass is 10.2. The van der Waals surface area contributed by atoms with Crippen LogP contribution in [0.2, 0.25) is 0 Å². The SMILES string of the molecule is c1ccc2c(c1)cc1n2CCS1. The molecule has 1 aromatic carbocycles. The van der Waals surface area contributed by atoms with Gasteiger partial charge in [0.1, 0.15) is 0 Å². The fourth-order valence-electron chi connectivity index (χ4n) is 1.78. The Morgan fingerprint density at radius 1 is 1.25 bits per heavy atom. The highest BCUT2D eigenvalue weighted by atomic mass is 32.2. The first-order valence-corrected chi connectivity index (χ1v) is 5.15. The molecule has 2 heterocycles.